The molecule has 1 unspecified atom stereocenters. The highest BCUT2D eigenvalue weighted by molar-refractivity contribution is 6.01. The first-order valence-electron chi connectivity index (χ1n) is 7.68. The summed E-state index contributed by atoms with van der Waals surface area (Å²) in [4.78, 5) is 25.1. The maximum Gasteiger partial charge on any atom is 0.305 e. The van der Waals surface area contributed by atoms with Gasteiger partial charge in [0.2, 0.25) is 0 Å². The summed E-state index contributed by atoms with van der Waals surface area (Å²) in [5.41, 5.74) is 2.78. The molecule has 2 rings (SSSR count). The molecule has 0 aromatic heterocycles. The maximum absolute atomic E-state index is 12.7. The lowest BCUT2D eigenvalue weighted by molar-refractivity contribution is -0.136. The molecule has 5 heteroatoms. The van der Waals surface area contributed by atoms with Crippen LogP contribution in [0.4, 0.5) is 5.69 Å². The van der Waals surface area contributed by atoms with Gasteiger partial charge in [0.15, 0.2) is 6.10 Å². The van der Waals surface area contributed by atoms with Crippen molar-refractivity contribution in [2.24, 2.45) is 5.92 Å². The normalized spacial score (nSPS) is 17.4. The molecule has 22 heavy (non-hydrogen) atoms. The van der Waals surface area contributed by atoms with Crippen molar-refractivity contribution in [3.63, 3.8) is 0 Å². The zero-order valence-corrected chi connectivity index (χ0v) is 13.5. The second kappa shape index (κ2) is 6.38. The number of carboxylic acids is 1. The van der Waals surface area contributed by atoms with Gasteiger partial charge in [-0.25, -0.2) is 0 Å². The van der Waals surface area contributed by atoms with E-state index in [1.165, 1.54) is 0 Å². The standard InChI is InChI=1S/C17H23NO4/c1-5-12-8-11(4)16-13(9-12)18(7-6-14(19)20)17(21)15(22-16)10(2)3/h8-10,15H,5-7H2,1-4H3,(H,19,20). The van der Waals surface area contributed by atoms with Crippen LogP contribution in [-0.4, -0.2) is 29.6 Å². The van der Waals surface area contributed by atoms with Crippen molar-refractivity contribution in [1.82, 2.24) is 0 Å². The Hall–Kier alpha value is -2.04. The first-order valence-corrected chi connectivity index (χ1v) is 7.68. The summed E-state index contributed by atoms with van der Waals surface area (Å²) in [5, 5.41) is 8.94. The fourth-order valence-corrected chi connectivity index (χ4v) is 2.70. The zero-order chi connectivity index (χ0) is 16.4. The molecular formula is C17H23NO4. The number of anilines is 1. The van der Waals surface area contributed by atoms with Crippen LogP contribution in [-0.2, 0) is 16.0 Å². The molecule has 5 nitrogen and oxygen atoms in total. The monoisotopic (exact) mass is 305 g/mol. The van der Waals surface area contributed by atoms with Crippen LogP contribution in [0.15, 0.2) is 12.1 Å². The van der Waals surface area contributed by atoms with Crippen LogP contribution in [0.25, 0.3) is 0 Å². The number of carboxylic acid groups (broad SMARTS) is 1. The van der Waals surface area contributed by atoms with Crippen LogP contribution >= 0.6 is 0 Å². The van der Waals surface area contributed by atoms with Crippen molar-refractivity contribution < 1.29 is 19.4 Å². The average Bonchev–Trinajstić information content (AvgIpc) is 2.45. The molecule has 1 aromatic rings. The van der Waals surface area contributed by atoms with Gasteiger partial charge in [0, 0.05) is 6.54 Å². The summed E-state index contributed by atoms with van der Waals surface area (Å²) in [6, 6.07) is 3.99. The zero-order valence-electron chi connectivity index (χ0n) is 13.5. The van der Waals surface area contributed by atoms with E-state index in [9.17, 15) is 9.59 Å². The summed E-state index contributed by atoms with van der Waals surface area (Å²) in [5.74, 6) is -0.346. The van der Waals surface area contributed by atoms with Gasteiger partial charge in [-0.1, -0.05) is 26.8 Å². The Morgan fingerprint density at radius 1 is 1.41 bits per heavy atom. The molecule has 1 N–H and O–H groups in total. The number of aliphatic carboxylic acids is 1. The van der Waals surface area contributed by atoms with E-state index in [1.807, 2.05) is 33.8 Å². The lowest BCUT2D eigenvalue weighted by Gasteiger charge is -2.37. The van der Waals surface area contributed by atoms with E-state index in [-0.39, 0.29) is 24.8 Å². The quantitative estimate of drug-likeness (QED) is 0.908. The Labute approximate surface area is 130 Å². The van der Waals surface area contributed by atoms with Crippen LogP contribution < -0.4 is 9.64 Å². The lowest BCUT2D eigenvalue weighted by Crippen LogP contribution is -2.49. The van der Waals surface area contributed by atoms with Crippen LogP contribution in [0.1, 0.15) is 38.3 Å². The molecule has 0 aliphatic carbocycles. The number of hydrogen-bond acceptors (Lipinski definition) is 3. The molecule has 1 aliphatic rings. The molecule has 1 aliphatic heterocycles. The van der Waals surface area contributed by atoms with Gasteiger partial charge in [0.1, 0.15) is 5.75 Å². The minimum Gasteiger partial charge on any atom is -0.481 e. The van der Waals surface area contributed by atoms with Crippen molar-refractivity contribution in [3.8, 4) is 5.75 Å². The number of benzene rings is 1. The fourth-order valence-electron chi connectivity index (χ4n) is 2.70. The SMILES string of the molecule is CCc1cc(C)c2c(c1)N(CCC(=O)O)C(=O)C(C(C)C)O2. The van der Waals surface area contributed by atoms with E-state index in [4.69, 9.17) is 9.84 Å². The second-order valence-corrected chi connectivity index (χ2v) is 6.03. The minimum absolute atomic E-state index is 0.0261. The molecule has 1 atom stereocenters. The van der Waals surface area contributed by atoms with Crippen LogP contribution in [0, 0.1) is 12.8 Å². The average molecular weight is 305 g/mol. The number of rotatable bonds is 5. The highest BCUT2D eigenvalue weighted by Crippen LogP contribution is 2.39. The largest absolute Gasteiger partial charge is 0.481 e. The third-order valence-electron chi connectivity index (χ3n) is 3.92. The molecule has 120 valence electrons. The Kier molecular flexibility index (Phi) is 4.74. The molecule has 0 spiro atoms. The number of aryl methyl sites for hydroxylation is 2. The van der Waals surface area contributed by atoms with Crippen molar-refractivity contribution in [2.75, 3.05) is 11.4 Å². The predicted molar refractivity (Wildman–Crippen MR) is 84.4 cm³/mol. The number of hydrogen-bond donors (Lipinski definition) is 1. The topological polar surface area (TPSA) is 66.8 Å². The van der Waals surface area contributed by atoms with Gasteiger partial charge in [0.25, 0.3) is 5.91 Å². The van der Waals surface area contributed by atoms with E-state index in [0.717, 1.165) is 17.5 Å². The van der Waals surface area contributed by atoms with Gasteiger partial charge in [-0.2, -0.15) is 0 Å². The summed E-state index contributed by atoms with van der Waals surface area (Å²) in [6.07, 6.45) is 0.209. The molecule has 0 saturated heterocycles. The minimum atomic E-state index is -0.912. The Morgan fingerprint density at radius 3 is 2.64 bits per heavy atom. The molecule has 1 aromatic carbocycles. The summed E-state index contributed by atoms with van der Waals surface area (Å²) in [7, 11) is 0. The smallest absolute Gasteiger partial charge is 0.305 e. The van der Waals surface area contributed by atoms with Crippen LogP contribution in [0.3, 0.4) is 0 Å². The summed E-state index contributed by atoms with van der Waals surface area (Å²) in [6.45, 7) is 8.03. The van der Waals surface area contributed by atoms with E-state index in [0.29, 0.717) is 11.4 Å². The van der Waals surface area contributed by atoms with Crippen molar-refractivity contribution in [1.29, 1.82) is 0 Å². The highest BCUT2D eigenvalue weighted by atomic mass is 16.5. The third kappa shape index (κ3) is 3.08. The maximum atomic E-state index is 12.7. The molecule has 0 fully saturated rings. The van der Waals surface area contributed by atoms with Gasteiger partial charge >= 0.3 is 5.97 Å². The predicted octanol–water partition coefficient (Wildman–Crippen LogP) is 2.78. The van der Waals surface area contributed by atoms with Gasteiger partial charge < -0.3 is 14.7 Å². The third-order valence-corrected chi connectivity index (χ3v) is 3.92. The van der Waals surface area contributed by atoms with Crippen molar-refractivity contribution >= 4 is 17.6 Å². The summed E-state index contributed by atoms with van der Waals surface area (Å²) >= 11 is 0. The number of amides is 1. The summed E-state index contributed by atoms with van der Waals surface area (Å²) < 4.78 is 5.93. The van der Waals surface area contributed by atoms with E-state index < -0.39 is 12.1 Å². The molecule has 0 saturated carbocycles. The fraction of sp³-hybridized carbons (Fsp3) is 0.529. The number of carbonyl (C=O) groups is 2. The highest BCUT2D eigenvalue weighted by Gasteiger charge is 2.37. The Balaban J connectivity index is 2.48. The molecule has 0 bridgehead atoms. The van der Waals surface area contributed by atoms with Crippen LogP contribution in [0.2, 0.25) is 0 Å². The van der Waals surface area contributed by atoms with Crippen LogP contribution in [0.5, 0.6) is 5.75 Å². The van der Waals surface area contributed by atoms with Crippen molar-refractivity contribution in [3.05, 3.63) is 23.3 Å². The van der Waals surface area contributed by atoms with Gasteiger partial charge in [-0.3, -0.25) is 9.59 Å². The molecule has 0 radical (unpaired) electrons. The lowest BCUT2D eigenvalue weighted by atomic mass is 9.99. The first kappa shape index (κ1) is 16.3. The van der Waals surface area contributed by atoms with Gasteiger partial charge in [-0.05, 0) is 36.5 Å². The van der Waals surface area contributed by atoms with Crippen molar-refractivity contribution in [2.45, 2.75) is 46.6 Å². The number of ether oxygens (including phenoxy) is 1. The van der Waals surface area contributed by atoms with E-state index in [1.54, 1.807) is 4.90 Å². The number of fused-ring (bicyclic) bond motifs is 1. The van der Waals surface area contributed by atoms with Gasteiger partial charge in [0.05, 0.1) is 12.1 Å². The Bertz CT molecular complexity index is 595. The van der Waals surface area contributed by atoms with E-state index in [2.05, 4.69) is 6.07 Å². The molecule has 1 heterocycles. The molecular weight excluding hydrogens is 282 g/mol. The van der Waals surface area contributed by atoms with E-state index >= 15 is 0 Å². The Morgan fingerprint density at radius 2 is 2.09 bits per heavy atom. The number of nitrogens with zero attached hydrogens (tertiary/aromatic N) is 1. The number of carbonyl (C=O) groups excluding carboxylic acids is 1. The molecule has 1 amide bonds. The first-order chi connectivity index (χ1) is 10.3. The van der Waals surface area contributed by atoms with Gasteiger partial charge in [-0.15, -0.1) is 0 Å². The second-order valence-electron chi connectivity index (χ2n) is 6.03.